The fourth-order valence-electron chi connectivity index (χ4n) is 37.9. The van der Waals surface area contributed by atoms with Crippen LogP contribution in [-0.4, -0.2) is 0 Å². The molecule has 25 saturated carbocycles. The smallest absolute Gasteiger partial charge is 0.00932 e. The van der Waals surface area contributed by atoms with E-state index >= 15 is 0 Å². The average Bonchev–Trinajstić information content (AvgIpc) is 2.87. The van der Waals surface area contributed by atoms with Gasteiger partial charge in [0.25, 0.3) is 0 Å². The highest BCUT2D eigenvalue weighted by molar-refractivity contribution is 5.80. The van der Waals surface area contributed by atoms with Crippen molar-refractivity contribution in [2.75, 3.05) is 0 Å². The highest BCUT2D eigenvalue weighted by Gasteiger charge is 3.35. The summed E-state index contributed by atoms with van der Waals surface area (Å²) in [6, 6.07) is 0. The van der Waals surface area contributed by atoms with Crippen LogP contribution in [0.3, 0.4) is 0 Å². The maximum atomic E-state index is 3.00. The Morgan fingerprint density at radius 2 is 0.698 bits per heavy atom. The van der Waals surface area contributed by atoms with Crippen molar-refractivity contribution in [1.82, 2.24) is 0 Å². The van der Waals surface area contributed by atoms with Gasteiger partial charge in [-0.25, -0.2) is 0 Å². The molecule has 0 heteroatoms. The van der Waals surface area contributed by atoms with Crippen LogP contribution < -0.4 is 0 Å². The molecule has 0 saturated heterocycles. The van der Waals surface area contributed by atoms with Crippen LogP contribution in [-0.2, 0) is 0 Å². The van der Waals surface area contributed by atoms with Crippen LogP contribution in [0.5, 0.6) is 0 Å². The van der Waals surface area contributed by atoms with Crippen molar-refractivity contribution < 1.29 is 0 Å². The highest BCUT2D eigenvalue weighted by atomic mass is 15.4. The first-order chi connectivity index (χ1) is 21.2. The topological polar surface area (TPSA) is 0 Å². The summed E-state index contributed by atoms with van der Waals surface area (Å²) >= 11 is 0. The van der Waals surface area contributed by atoms with Gasteiger partial charge in [-0.1, -0.05) is 6.92 Å². The largest absolute Gasteiger partial charge is 0.0616 e. The second-order valence-electron chi connectivity index (χ2n) is 26.0. The van der Waals surface area contributed by atoms with E-state index in [4.69, 9.17) is 0 Å². The van der Waals surface area contributed by atoms with Crippen LogP contribution in [0.15, 0.2) is 0 Å². The number of fused-ring (bicyclic) bond motifs is 19. The molecule has 0 radical (unpaired) electrons. The summed E-state index contributed by atoms with van der Waals surface area (Å²) in [7, 11) is 0. The first-order valence-corrected chi connectivity index (χ1v) is 21.2. The van der Waals surface area contributed by atoms with E-state index in [-0.39, 0.29) is 0 Å². The molecule has 26 unspecified atom stereocenters. The summed E-state index contributed by atoms with van der Waals surface area (Å²) in [6.45, 7) is 3.00. The van der Waals surface area contributed by atoms with Crippen LogP contribution in [0.1, 0.15) is 39.0 Å². The van der Waals surface area contributed by atoms with Gasteiger partial charge in [-0.15, -0.1) is 0 Å². The van der Waals surface area contributed by atoms with Gasteiger partial charge in [0, 0.05) is 0 Å². The van der Waals surface area contributed by atoms with Crippen molar-refractivity contribution >= 4 is 0 Å². The third-order valence-corrected chi connectivity index (χ3v) is 32.6. The molecule has 25 aliphatic carbocycles. The van der Waals surface area contributed by atoms with Gasteiger partial charge in [-0.2, -0.15) is 0 Å². The Bertz CT molecular complexity index is 2200. The molecule has 0 nitrogen and oxygen atoms in total. The molecule has 0 aromatic rings. The van der Waals surface area contributed by atoms with E-state index in [0.717, 1.165) is 65.0 Å². The molecular weight excluding hydrogens is 516 g/mol. The zero-order valence-electron chi connectivity index (χ0n) is 25.0. The molecule has 0 aliphatic heterocycles. The zero-order valence-corrected chi connectivity index (χ0v) is 25.0. The predicted molar refractivity (Wildman–Crippen MR) is 145 cm³/mol. The summed E-state index contributed by atoms with van der Waals surface area (Å²) in [5.41, 5.74) is 12.7. The molecule has 0 amide bonds. The monoisotopic (exact) mass is 554 g/mol. The van der Waals surface area contributed by atoms with Crippen LogP contribution in [0.2, 0.25) is 0 Å². The fraction of sp³-hybridized carbons (Fsp3) is 1.00. The summed E-state index contributed by atoms with van der Waals surface area (Å²) < 4.78 is 0. The maximum absolute atomic E-state index is 3.00. The average molecular weight is 555 g/mol. The van der Waals surface area contributed by atoms with E-state index < -0.39 is 0 Å². The van der Waals surface area contributed by atoms with Crippen molar-refractivity contribution in [2.45, 2.75) is 39.0 Å². The molecular formula is C43H38. The second-order valence-corrected chi connectivity index (χ2v) is 26.0. The zero-order chi connectivity index (χ0) is 25.0. The van der Waals surface area contributed by atoms with Gasteiger partial charge in [0.15, 0.2) is 0 Å². The molecule has 43 heavy (non-hydrogen) atoms. The maximum Gasteiger partial charge on any atom is -0.00932 e. The van der Waals surface area contributed by atoms with E-state index in [9.17, 15) is 0 Å². The molecule has 0 aromatic carbocycles. The number of rotatable bonds is 0. The van der Waals surface area contributed by atoms with Gasteiger partial charge in [-0.3, -0.25) is 0 Å². The lowest BCUT2D eigenvalue weighted by Crippen LogP contribution is -3.33. The van der Waals surface area contributed by atoms with Crippen molar-refractivity contribution in [1.29, 1.82) is 0 Å². The second kappa shape index (κ2) is 3.06. The molecule has 12 spiro atoms. The molecule has 210 valence electrons. The van der Waals surface area contributed by atoms with Gasteiger partial charge in [0.2, 0.25) is 0 Å². The number of hydrogen-bond donors (Lipinski definition) is 0. The van der Waals surface area contributed by atoms with Crippen molar-refractivity contribution in [2.24, 2.45) is 213 Å². The first kappa shape index (κ1) is 16.9. The van der Waals surface area contributed by atoms with Crippen molar-refractivity contribution in [3.8, 4) is 0 Å². The van der Waals surface area contributed by atoms with E-state index in [1.807, 2.05) is 6.42 Å². The molecule has 0 aromatic heterocycles. The van der Waals surface area contributed by atoms with Crippen LogP contribution >= 0.6 is 0 Å². The summed E-state index contributed by atoms with van der Waals surface area (Å²) in [5, 5.41) is 0. The lowest BCUT2D eigenvalue weighted by molar-refractivity contribution is -0.897. The summed E-state index contributed by atoms with van der Waals surface area (Å²) in [4.78, 5) is 0. The van der Waals surface area contributed by atoms with Gasteiger partial charge in [0.05, 0.1) is 0 Å². The molecule has 0 bridgehead atoms. The van der Waals surface area contributed by atoms with Gasteiger partial charge < -0.3 is 0 Å². The van der Waals surface area contributed by atoms with Crippen molar-refractivity contribution in [3.05, 3.63) is 0 Å². The lowest BCUT2D eigenvalue weighted by atomic mass is 8.68. The summed E-state index contributed by atoms with van der Waals surface area (Å²) in [5.74, 6) is 33.3. The third kappa shape index (κ3) is 0.549. The standard InChI is InChI=1S/C43H38/c1-7-15-22-24-17-11-3-9-5-13-19-26-30-31-27-21-28-29-25-18-12-4-8-2-10-16-23-20-14-6-32(21,36(14,28)40(20,29)41(23,25)37(16,18)33(8,10)12)35(7,27)39(15,31)43(22,30)42(24,26)38(17,19)34(9,11)13/h7-31H,2-6H2,1H3/t7-,8?,9?,10-,11+,12?,13?,14+,15-,16-,17+,18?,19?,20+,21?,22-,23-,24+,25?,26?,27?,28?,29?,30?,31?,32?,33?,34?,35?,36?,37?,38?,39?,40?,41?,42?,43?/m0/s1. The van der Waals surface area contributed by atoms with Crippen LogP contribution in [0, 0.1) is 213 Å². The summed E-state index contributed by atoms with van der Waals surface area (Å²) in [6.07, 6.45) is 8.86. The highest BCUT2D eigenvalue weighted by Crippen LogP contribution is 3.37. The fourth-order valence-corrected chi connectivity index (χ4v) is 37.9. The third-order valence-electron chi connectivity index (χ3n) is 32.6. The van der Waals surface area contributed by atoms with E-state index in [1.165, 1.54) is 148 Å². The molecule has 25 rings (SSSR count). The molecule has 0 heterocycles. The Labute approximate surface area is 251 Å². The lowest BCUT2D eigenvalue weighted by Gasteiger charge is -3.35. The molecule has 37 atom stereocenters. The Morgan fingerprint density at radius 3 is 1.26 bits per heavy atom. The SMILES string of the molecule is C[C@H]1[C@H]2[C@H]3[C@H]4[C@H]5[C@H]6CC7CC8C9C%10C%11C%12C%13C%14C%15C%16C%17C%18C%19CC%20C[C@H]%21[C@H]%22[C@H]%23[C@H]%24[C@H]%25CC%14(C%15%25C%16%24C%17%23C%18%22C%20%19%21)C%131C%122C%113C%104C95C786. The van der Waals surface area contributed by atoms with E-state index in [2.05, 4.69) is 6.92 Å². The minimum atomic E-state index is 1.000. The molecule has 25 fully saturated rings. The Balaban J connectivity index is 0.749. The van der Waals surface area contributed by atoms with Gasteiger partial charge in [0.1, 0.15) is 0 Å². The first-order valence-electron chi connectivity index (χ1n) is 21.2. The Kier molecular flexibility index (Phi) is 1.20. The van der Waals surface area contributed by atoms with Crippen LogP contribution in [0.25, 0.3) is 0 Å². The van der Waals surface area contributed by atoms with Gasteiger partial charge in [-0.05, 0) is 245 Å². The van der Waals surface area contributed by atoms with Crippen molar-refractivity contribution in [3.63, 3.8) is 0 Å². The van der Waals surface area contributed by atoms with E-state index in [1.54, 1.807) is 25.7 Å². The predicted octanol–water partition coefficient (Wildman–Crippen LogP) is 5.54. The molecule has 25 aliphatic rings. The Hall–Kier alpha value is 0. The quantitative estimate of drug-likeness (QED) is 0.369. The minimum Gasteiger partial charge on any atom is -0.0616 e. The Morgan fingerprint density at radius 1 is 0.326 bits per heavy atom. The minimum absolute atomic E-state index is 1.000. The van der Waals surface area contributed by atoms with Gasteiger partial charge >= 0.3 is 0 Å². The van der Waals surface area contributed by atoms with Crippen LogP contribution in [0.4, 0.5) is 0 Å². The molecule has 0 N–H and O–H groups in total. The van der Waals surface area contributed by atoms with E-state index in [0.29, 0.717) is 0 Å². The number of hydrogen-bond acceptors (Lipinski definition) is 0. The normalized spacial score (nSPS) is 119.